The largest absolute Gasteiger partial charge is 0.488 e. The lowest BCUT2D eigenvalue weighted by Crippen LogP contribution is -2.44. The summed E-state index contributed by atoms with van der Waals surface area (Å²) in [6.45, 7) is 30.0. The molecule has 4 fully saturated rings. The predicted molar refractivity (Wildman–Crippen MR) is 178 cm³/mol. The molecule has 0 spiro atoms. The number of fused-ring (bicyclic) bond motifs is 3. The summed E-state index contributed by atoms with van der Waals surface area (Å²) in [5, 5.41) is 3.00. The third kappa shape index (κ3) is 9.27. The van der Waals surface area contributed by atoms with Crippen molar-refractivity contribution >= 4 is 17.1 Å². The monoisotopic (exact) mass is 610 g/mol. The van der Waals surface area contributed by atoms with Gasteiger partial charge in [0.25, 0.3) is 0 Å². The molecule has 0 bridgehead atoms. The van der Waals surface area contributed by atoms with Gasteiger partial charge >= 0.3 is 6.09 Å². The molecule has 6 rings (SSSR count). The Kier molecular flexibility index (Phi) is 9.66. The number of aromatic nitrogens is 2. The van der Waals surface area contributed by atoms with Gasteiger partial charge in [0.1, 0.15) is 17.0 Å². The molecule has 2 saturated carbocycles. The Morgan fingerprint density at radius 2 is 1.23 bits per heavy atom. The van der Waals surface area contributed by atoms with Crippen LogP contribution in [0.15, 0.2) is 30.6 Å². The fourth-order valence-electron chi connectivity index (χ4n) is 6.21. The first-order valence-electron chi connectivity index (χ1n) is 16.3. The highest BCUT2D eigenvalue weighted by Gasteiger charge is 2.58. The minimum absolute atomic E-state index is 0.185. The van der Waals surface area contributed by atoms with Gasteiger partial charge in [-0.05, 0) is 119 Å². The number of nitrogens with zero attached hydrogens (tertiary/aromatic N) is 4. The fraction of sp³-hybridized carbons (Fsp3) is 0.743. The maximum atomic E-state index is 11.7. The summed E-state index contributed by atoms with van der Waals surface area (Å²) >= 11 is 0. The molecule has 2 aliphatic carbocycles. The first-order valence-corrected chi connectivity index (χ1v) is 16.3. The molecule has 0 radical (unpaired) electrons. The van der Waals surface area contributed by atoms with Crippen molar-refractivity contribution in [1.29, 1.82) is 0 Å². The van der Waals surface area contributed by atoms with E-state index in [4.69, 9.17) is 15.2 Å². The number of ether oxygens (including phenoxy) is 2. The molecule has 4 aliphatic rings. The number of benzene rings is 1. The molecule has 4 unspecified atom stereocenters. The van der Waals surface area contributed by atoms with Gasteiger partial charge in [-0.1, -0.05) is 0 Å². The zero-order valence-corrected chi connectivity index (χ0v) is 29.3. The number of nitrogens with two attached hydrogens (primary N) is 1. The smallest absolute Gasteiger partial charge is 0.407 e. The minimum Gasteiger partial charge on any atom is -0.488 e. The Hall–Kier alpha value is -2.49. The van der Waals surface area contributed by atoms with Crippen molar-refractivity contribution in [3.63, 3.8) is 0 Å². The highest BCUT2D eigenvalue weighted by Crippen LogP contribution is 2.47. The molecule has 9 nitrogen and oxygen atoms in total. The van der Waals surface area contributed by atoms with E-state index in [2.05, 4.69) is 66.6 Å². The topological polar surface area (TPSA) is 106 Å². The van der Waals surface area contributed by atoms with Crippen LogP contribution < -0.4 is 15.8 Å². The van der Waals surface area contributed by atoms with Crippen molar-refractivity contribution in [1.82, 2.24) is 25.1 Å². The SMILES string of the molecule is CC(C)(C)N1CC2C(N)C2C1.CC(C)(C)OC(=O)NC1C2CN(C(C)(C)C)CC21.CC(C)(C)Oc1ccc2nccnc2c1. The summed E-state index contributed by atoms with van der Waals surface area (Å²) < 4.78 is 11.0. The molecule has 1 amide bonds. The van der Waals surface area contributed by atoms with Crippen molar-refractivity contribution in [2.75, 3.05) is 26.2 Å². The third-order valence-electron chi connectivity index (χ3n) is 8.90. The van der Waals surface area contributed by atoms with Crippen LogP contribution in [0.4, 0.5) is 4.79 Å². The maximum absolute atomic E-state index is 11.7. The average molecular weight is 611 g/mol. The lowest BCUT2D eigenvalue weighted by Gasteiger charge is -2.33. The van der Waals surface area contributed by atoms with Crippen LogP contribution in [-0.2, 0) is 4.74 Å². The molecular weight excluding hydrogens is 552 g/mol. The Morgan fingerprint density at radius 1 is 0.750 bits per heavy atom. The average Bonchev–Trinajstić information content (AvgIpc) is 3.46. The van der Waals surface area contributed by atoms with Crippen LogP contribution in [0.25, 0.3) is 11.0 Å². The first kappa shape index (κ1) is 34.4. The predicted octanol–water partition coefficient (Wildman–Crippen LogP) is 5.72. The lowest BCUT2D eigenvalue weighted by molar-refractivity contribution is 0.0508. The highest BCUT2D eigenvalue weighted by molar-refractivity contribution is 5.75. The van der Waals surface area contributed by atoms with Crippen LogP contribution >= 0.6 is 0 Å². The van der Waals surface area contributed by atoms with Gasteiger partial charge in [0, 0.05) is 67.8 Å². The summed E-state index contributed by atoms with van der Waals surface area (Å²) in [5.41, 5.74) is 7.60. The van der Waals surface area contributed by atoms with Crippen molar-refractivity contribution in [2.45, 2.75) is 117 Å². The van der Waals surface area contributed by atoms with Crippen LogP contribution in [-0.4, -0.2) is 86.4 Å². The fourth-order valence-corrected chi connectivity index (χ4v) is 6.21. The van der Waals surface area contributed by atoms with Crippen molar-refractivity contribution in [3.05, 3.63) is 30.6 Å². The Morgan fingerprint density at radius 3 is 1.68 bits per heavy atom. The third-order valence-corrected chi connectivity index (χ3v) is 8.90. The standard InChI is InChI=1S/C14H26N2O2.C12H14N2O.C9H18N2/c1-13(2,3)16-7-9-10(8-16)11(9)15-12(17)18-14(4,5)6;1-12(2,3)15-9-4-5-10-11(8-9)14-7-6-13-10;1-9(2,3)11-4-6-7(5-11)8(6)10/h9-11H,7-8H2,1-6H3,(H,15,17);4-8H,1-3H3;6-8H,4-5,10H2,1-3H3. The van der Waals surface area contributed by atoms with E-state index in [-0.39, 0.29) is 17.2 Å². The summed E-state index contributed by atoms with van der Waals surface area (Å²) in [6, 6.07) is 6.62. The Labute approximate surface area is 265 Å². The van der Waals surface area contributed by atoms with Crippen LogP contribution in [0.2, 0.25) is 0 Å². The van der Waals surface area contributed by atoms with E-state index >= 15 is 0 Å². The van der Waals surface area contributed by atoms with Crippen LogP contribution in [0.3, 0.4) is 0 Å². The van der Waals surface area contributed by atoms with E-state index in [1.54, 1.807) is 12.4 Å². The highest BCUT2D eigenvalue weighted by atomic mass is 16.6. The normalized spacial score (nSPS) is 28.1. The summed E-state index contributed by atoms with van der Waals surface area (Å²) in [7, 11) is 0. The second-order valence-corrected chi connectivity index (χ2v) is 17.0. The number of piperidine rings is 2. The zero-order chi connectivity index (χ0) is 32.8. The van der Waals surface area contributed by atoms with Gasteiger partial charge in [-0.2, -0.15) is 0 Å². The number of hydrogen-bond acceptors (Lipinski definition) is 8. The molecular formula is C35H58N6O3. The van der Waals surface area contributed by atoms with Gasteiger partial charge in [-0.25, -0.2) is 4.79 Å². The van der Waals surface area contributed by atoms with Crippen LogP contribution in [0, 0.1) is 23.7 Å². The number of likely N-dealkylation sites (tertiary alicyclic amines) is 2. The first-order chi connectivity index (χ1) is 20.1. The van der Waals surface area contributed by atoms with Crippen molar-refractivity contribution in [3.8, 4) is 5.75 Å². The molecule has 2 aliphatic heterocycles. The van der Waals surface area contributed by atoms with Gasteiger partial charge in [-0.3, -0.25) is 19.8 Å². The molecule has 44 heavy (non-hydrogen) atoms. The number of amides is 1. The quantitative estimate of drug-likeness (QED) is 0.445. The van der Waals surface area contributed by atoms with Gasteiger partial charge in [0.15, 0.2) is 0 Å². The lowest BCUT2D eigenvalue weighted by atomic mass is 10.1. The molecule has 4 atom stereocenters. The number of alkyl carbamates (subject to hydrolysis) is 1. The molecule has 246 valence electrons. The molecule has 2 saturated heterocycles. The van der Waals surface area contributed by atoms with Gasteiger partial charge in [-0.15, -0.1) is 0 Å². The minimum atomic E-state index is -0.411. The van der Waals surface area contributed by atoms with Gasteiger partial charge in [0.2, 0.25) is 0 Å². The second-order valence-electron chi connectivity index (χ2n) is 17.0. The van der Waals surface area contributed by atoms with Crippen LogP contribution in [0.1, 0.15) is 83.1 Å². The van der Waals surface area contributed by atoms with E-state index in [1.165, 1.54) is 13.1 Å². The Bertz CT molecular complexity index is 1260. The molecule has 9 heteroatoms. The van der Waals surface area contributed by atoms with E-state index in [0.717, 1.165) is 41.7 Å². The summed E-state index contributed by atoms with van der Waals surface area (Å²) in [6.07, 6.45) is 3.10. The van der Waals surface area contributed by atoms with E-state index in [9.17, 15) is 4.79 Å². The number of nitrogens with one attached hydrogen (secondary N) is 1. The maximum Gasteiger partial charge on any atom is 0.407 e. The van der Waals surface area contributed by atoms with Crippen molar-refractivity contribution in [2.24, 2.45) is 29.4 Å². The zero-order valence-electron chi connectivity index (χ0n) is 29.3. The van der Waals surface area contributed by atoms with E-state index < -0.39 is 5.60 Å². The number of hydrogen-bond donors (Lipinski definition) is 2. The second kappa shape index (κ2) is 12.4. The van der Waals surface area contributed by atoms with Gasteiger partial charge < -0.3 is 20.5 Å². The Balaban J connectivity index is 0.000000155. The summed E-state index contributed by atoms with van der Waals surface area (Å²) in [4.78, 5) is 25.1. The number of carbonyl (C=O) groups excluding carboxylic acids is 1. The van der Waals surface area contributed by atoms with Crippen molar-refractivity contribution < 1.29 is 14.3 Å². The summed E-state index contributed by atoms with van der Waals surface area (Å²) in [5.74, 6) is 3.73. The van der Waals surface area contributed by atoms with Gasteiger partial charge in [0.05, 0.1) is 11.0 Å². The van der Waals surface area contributed by atoms with E-state index in [0.29, 0.717) is 29.5 Å². The molecule has 1 aromatic heterocycles. The molecule has 2 aromatic rings. The van der Waals surface area contributed by atoms with E-state index in [1.807, 2.05) is 59.7 Å². The van der Waals surface area contributed by atoms with Crippen LogP contribution in [0.5, 0.6) is 5.75 Å². The molecule has 3 N–H and O–H groups in total. The molecule has 3 heterocycles. The number of carbonyl (C=O) groups is 1. The number of rotatable bonds is 2. The molecule has 1 aromatic carbocycles.